The Morgan fingerprint density at radius 2 is 2.17 bits per heavy atom. The molecule has 0 aliphatic heterocycles. The van der Waals surface area contributed by atoms with E-state index in [1.807, 2.05) is 6.20 Å². The van der Waals surface area contributed by atoms with Gasteiger partial charge in [-0.15, -0.1) is 0 Å². The Kier molecular flexibility index (Phi) is 3.72. The zero-order chi connectivity index (χ0) is 16.7. The van der Waals surface area contributed by atoms with Crippen LogP contribution in [0.3, 0.4) is 0 Å². The fourth-order valence-electron chi connectivity index (χ4n) is 3.88. The topological polar surface area (TPSA) is 45.6 Å². The third-order valence-electron chi connectivity index (χ3n) is 5.04. The van der Waals surface area contributed by atoms with Gasteiger partial charge < -0.3 is 10.3 Å². The van der Waals surface area contributed by atoms with Gasteiger partial charge in [-0.05, 0) is 57.7 Å². The van der Waals surface area contributed by atoms with Gasteiger partial charge in [-0.1, -0.05) is 12.1 Å². The second kappa shape index (κ2) is 5.78. The summed E-state index contributed by atoms with van der Waals surface area (Å²) in [5.74, 6) is 0. The van der Waals surface area contributed by atoms with E-state index in [1.165, 1.54) is 40.6 Å². The molecule has 4 rings (SSSR count). The van der Waals surface area contributed by atoms with Crippen molar-refractivity contribution in [3.63, 3.8) is 0 Å². The van der Waals surface area contributed by atoms with E-state index in [4.69, 9.17) is 0 Å². The highest BCUT2D eigenvalue weighted by molar-refractivity contribution is 5.82. The van der Waals surface area contributed by atoms with Crippen LogP contribution in [0.1, 0.15) is 56.5 Å². The Bertz CT molecular complexity index is 850. The summed E-state index contributed by atoms with van der Waals surface area (Å²) in [5.41, 5.74) is 5.40. The van der Waals surface area contributed by atoms with Crippen LogP contribution in [0.25, 0.3) is 10.9 Å². The van der Waals surface area contributed by atoms with Crippen molar-refractivity contribution >= 4 is 10.9 Å². The Balaban J connectivity index is 1.57. The van der Waals surface area contributed by atoms with Crippen molar-refractivity contribution in [3.05, 3.63) is 53.5 Å². The summed E-state index contributed by atoms with van der Waals surface area (Å²) >= 11 is 0. The molecule has 1 atom stereocenters. The first kappa shape index (κ1) is 15.5. The SMILES string of the molecule is CC(C)(C)n1ncc2c1CCCC2NCc1cccc2[nH]ccc12. The quantitative estimate of drug-likeness (QED) is 0.756. The Hall–Kier alpha value is -2.07. The molecule has 4 heteroatoms. The summed E-state index contributed by atoms with van der Waals surface area (Å²) < 4.78 is 2.21. The number of hydrogen-bond donors (Lipinski definition) is 2. The van der Waals surface area contributed by atoms with Crippen LogP contribution in [0, 0.1) is 0 Å². The molecular weight excluding hydrogens is 296 g/mol. The van der Waals surface area contributed by atoms with E-state index in [9.17, 15) is 0 Å². The first-order valence-corrected chi connectivity index (χ1v) is 8.90. The van der Waals surface area contributed by atoms with Crippen molar-refractivity contribution in [3.8, 4) is 0 Å². The molecule has 0 amide bonds. The van der Waals surface area contributed by atoms with Gasteiger partial charge in [0.15, 0.2) is 0 Å². The van der Waals surface area contributed by atoms with Crippen molar-refractivity contribution in [2.24, 2.45) is 0 Å². The average Bonchev–Trinajstić information content (AvgIpc) is 3.18. The summed E-state index contributed by atoms with van der Waals surface area (Å²) in [4.78, 5) is 3.29. The van der Waals surface area contributed by atoms with Crippen molar-refractivity contribution < 1.29 is 0 Å². The standard InChI is InChI=1S/C20H26N4/c1-20(2,3)24-19-9-5-8-18(16(19)13-23-24)22-12-14-6-4-7-17-15(14)10-11-21-17/h4,6-7,10-11,13,18,21-22H,5,8-9,12H2,1-3H3. The number of aromatic nitrogens is 3. The number of nitrogens with zero attached hydrogens (tertiary/aromatic N) is 2. The number of aromatic amines is 1. The lowest BCUT2D eigenvalue weighted by molar-refractivity contribution is 0.334. The number of fused-ring (bicyclic) bond motifs is 2. The van der Waals surface area contributed by atoms with Gasteiger partial charge in [0, 0.05) is 40.9 Å². The van der Waals surface area contributed by atoms with Gasteiger partial charge in [0.25, 0.3) is 0 Å². The maximum absolute atomic E-state index is 4.69. The van der Waals surface area contributed by atoms with Crippen LogP contribution in [0.2, 0.25) is 0 Å². The number of hydrogen-bond acceptors (Lipinski definition) is 2. The average molecular weight is 322 g/mol. The molecule has 4 nitrogen and oxygen atoms in total. The smallest absolute Gasteiger partial charge is 0.0546 e. The molecule has 24 heavy (non-hydrogen) atoms. The van der Waals surface area contributed by atoms with Gasteiger partial charge in [-0.2, -0.15) is 5.10 Å². The fraction of sp³-hybridized carbons (Fsp3) is 0.450. The monoisotopic (exact) mass is 322 g/mol. The summed E-state index contributed by atoms with van der Waals surface area (Å²) in [5, 5.41) is 9.77. The molecule has 1 aliphatic carbocycles. The highest BCUT2D eigenvalue weighted by Crippen LogP contribution is 2.32. The molecular formula is C20H26N4. The lowest BCUT2D eigenvalue weighted by Crippen LogP contribution is -2.29. The minimum Gasteiger partial charge on any atom is -0.361 e. The van der Waals surface area contributed by atoms with Crippen LogP contribution in [-0.4, -0.2) is 14.8 Å². The third-order valence-corrected chi connectivity index (χ3v) is 5.04. The van der Waals surface area contributed by atoms with Crippen molar-refractivity contribution in [1.29, 1.82) is 0 Å². The third kappa shape index (κ3) is 2.65. The normalized spacial score (nSPS) is 18.0. The first-order valence-electron chi connectivity index (χ1n) is 8.90. The molecule has 0 spiro atoms. The zero-order valence-electron chi connectivity index (χ0n) is 14.8. The van der Waals surface area contributed by atoms with Crippen molar-refractivity contribution in [1.82, 2.24) is 20.1 Å². The van der Waals surface area contributed by atoms with Crippen molar-refractivity contribution in [2.45, 2.75) is 58.2 Å². The molecule has 1 unspecified atom stereocenters. The van der Waals surface area contributed by atoms with Crippen LogP contribution >= 0.6 is 0 Å². The molecule has 2 heterocycles. The highest BCUT2D eigenvalue weighted by atomic mass is 15.3. The van der Waals surface area contributed by atoms with Gasteiger partial charge in [-0.25, -0.2) is 0 Å². The van der Waals surface area contributed by atoms with Gasteiger partial charge in [0.05, 0.1) is 11.7 Å². The molecule has 1 aromatic carbocycles. The van der Waals surface area contributed by atoms with Gasteiger partial charge in [-0.3, -0.25) is 4.68 Å². The molecule has 2 aromatic heterocycles. The molecule has 1 aliphatic rings. The largest absolute Gasteiger partial charge is 0.361 e. The van der Waals surface area contributed by atoms with Crippen LogP contribution in [0.15, 0.2) is 36.7 Å². The van der Waals surface area contributed by atoms with E-state index in [0.717, 1.165) is 13.0 Å². The maximum Gasteiger partial charge on any atom is 0.0546 e. The summed E-state index contributed by atoms with van der Waals surface area (Å²) in [7, 11) is 0. The fourth-order valence-corrected chi connectivity index (χ4v) is 3.88. The Morgan fingerprint density at radius 3 is 3.00 bits per heavy atom. The first-order chi connectivity index (χ1) is 11.5. The molecule has 126 valence electrons. The van der Waals surface area contributed by atoms with Crippen LogP contribution in [0.4, 0.5) is 0 Å². The van der Waals surface area contributed by atoms with E-state index in [-0.39, 0.29) is 5.54 Å². The van der Waals surface area contributed by atoms with E-state index in [1.54, 1.807) is 0 Å². The highest BCUT2D eigenvalue weighted by Gasteiger charge is 2.27. The Morgan fingerprint density at radius 1 is 1.29 bits per heavy atom. The van der Waals surface area contributed by atoms with E-state index >= 15 is 0 Å². The minimum absolute atomic E-state index is 0.0478. The molecule has 2 N–H and O–H groups in total. The van der Waals surface area contributed by atoms with Crippen LogP contribution < -0.4 is 5.32 Å². The number of nitrogens with one attached hydrogen (secondary N) is 2. The summed E-state index contributed by atoms with van der Waals surface area (Å²) in [6, 6.07) is 9.03. The van der Waals surface area contributed by atoms with Crippen LogP contribution in [0.5, 0.6) is 0 Å². The maximum atomic E-state index is 4.69. The van der Waals surface area contributed by atoms with Crippen LogP contribution in [-0.2, 0) is 18.5 Å². The molecule has 0 saturated heterocycles. The molecule has 0 radical (unpaired) electrons. The zero-order valence-corrected chi connectivity index (χ0v) is 14.8. The molecule has 0 saturated carbocycles. The van der Waals surface area contributed by atoms with E-state index < -0.39 is 0 Å². The van der Waals surface area contributed by atoms with E-state index in [0.29, 0.717) is 6.04 Å². The molecule has 0 fully saturated rings. The lowest BCUT2D eigenvalue weighted by Gasteiger charge is -2.28. The molecule has 0 bridgehead atoms. The van der Waals surface area contributed by atoms with Gasteiger partial charge in [0.1, 0.15) is 0 Å². The predicted octanol–water partition coefficient (Wildman–Crippen LogP) is 4.29. The van der Waals surface area contributed by atoms with Crippen molar-refractivity contribution in [2.75, 3.05) is 0 Å². The number of benzene rings is 1. The second-order valence-corrected chi connectivity index (χ2v) is 7.81. The number of rotatable bonds is 3. The Labute approximate surface area is 143 Å². The number of H-pyrrole nitrogens is 1. The summed E-state index contributed by atoms with van der Waals surface area (Å²) in [6.45, 7) is 7.57. The minimum atomic E-state index is 0.0478. The van der Waals surface area contributed by atoms with E-state index in [2.05, 4.69) is 71.3 Å². The lowest BCUT2D eigenvalue weighted by atomic mass is 9.92. The second-order valence-electron chi connectivity index (χ2n) is 7.81. The predicted molar refractivity (Wildman–Crippen MR) is 98.0 cm³/mol. The summed E-state index contributed by atoms with van der Waals surface area (Å²) in [6.07, 6.45) is 7.64. The van der Waals surface area contributed by atoms with Gasteiger partial charge in [0.2, 0.25) is 0 Å². The molecule has 3 aromatic rings. The van der Waals surface area contributed by atoms with Gasteiger partial charge >= 0.3 is 0 Å².